The highest BCUT2D eigenvalue weighted by molar-refractivity contribution is 7.16. The predicted molar refractivity (Wildman–Crippen MR) is 88.1 cm³/mol. The Hall–Kier alpha value is -1.44. The highest BCUT2D eigenvalue weighted by atomic mass is 35.5. The van der Waals surface area contributed by atoms with Crippen molar-refractivity contribution in [3.8, 4) is 0 Å². The zero-order chi connectivity index (χ0) is 16.4. The fraction of sp³-hybridized carbons (Fsp3) is 0.357. The Labute approximate surface area is 141 Å². The molecule has 2 N–H and O–H groups in total. The molecule has 8 heteroatoms. The number of aromatic carboxylic acids is 1. The minimum absolute atomic E-state index is 0.143. The molecular weight excluding hydrogens is 344 g/mol. The molecule has 0 radical (unpaired) electrons. The number of carbonyl (C=O) groups is 2. The topological polar surface area (TPSA) is 79.3 Å². The lowest BCUT2D eigenvalue weighted by atomic mass is 10.1. The number of hydrogen-bond acceptors (Lipinski definition) is 5. The van der Waals surface area contributed by atoms with Gasteiger partial charge in [0.15, 0.2) is 0 Å². The number of aryl methyl sites for hydroxylation is 1. The number of nitrogens with one attached hydrogen (secondary N) is 1. The van der Waals surface area contributed by atoms with Gasteiger partial charge in [0.05, 0.1) is 22.0 Å². The molecule has 2 rings (SSSR count). The standard InChI is InChI=1S/C14H15ClN2O3S2/c1-6(9-4-5-10(15)21-9)12(18)16-8(3)13-17-7(2)11(22-13)14(19)20/h4-6,8H,1-3H3,(H,16,18)(H,19,20). The van der Waals surface area contributed by atoms with E-state index in [1.54, 1.807) is 26.8 Å². The number of hydrogen-bond donors (Lipinski definition) is 2. The number of carboxylic acids is 1. The highest BCUT2D eigenvalue weighted by Crippen LogP contribution is 2.29. The summed E-state index contributed by atoms with van der Waals surface area (Å²) in [7, 11) is 0. The van der Waals surface area contributed by atoms with Crippen LogP contribution in [0.15, 0.2) is 12.1 Å². The third-order valence-electron chi connectivity index (χ3n) is 3.15. The summed E-state index contributed by atoms with van der Waals surface area (Å²) >= 11 is 8.34. The van der Waals surface area contributed by atoms with Crippen molar-refractivity contribution in [3.63, 3.8) is 0 Å². The van der Waals surface area contributed by atoms with E-state index in [9.17, 15) is 9.59 Å². The number of amides is 1. The van der Waals surface area contributed by atoms with E-state index in [-0.39, 0.29) is 22.7 Å². The number of thiazole rings is 1. The van der Waals surface area contributed by atoms with Gasteiger partial charge in [-0.1, -0.05) is 11.6 Å². The summed E-state index contributed by atoms with van der Waals surface area (Å²) < 4.78 is 0.643. The van der Waals surface area contributed by atoms with E-state index in [1.165, 1.54) is 11.3 Å². The summed E-state index contributed by atoms with van der Waals surface area (Å²) in [6.45, 7) is 5.24. The second-order valence-corrected chi connectivity index (χ2v) is 7.64. The first-order valence-electron chi connectivity index (χ1n) is 6.55. The van der Waals surface area contributed by atoms with Gasteiger partial charge in [-0.3, -0.25) is 4.79 Å². The van der Waals surface area contributed by atoms with Gasteiger partial charge in [0, 0.05) is 4.88 Å². The van der Waals surface area contributed by atoms with Crippen LogP contribution >= 0.6 is 34.3 Å². The maximum absolute atomic E-state index is 12.3. The van der Waals surface area contributed by atoms with Crippen LogP contribution in [-0.2, 0) is 4.79 Å². The van der Waals surface area contributed by atoms with Crippen LogP contribution in [0.3, 0.4) is 0 Å². The summed E-state index contributed by atoms with van der Waals surface area (Å²) in [5, 5.41) is 12.5. The summed E-state index contributed by atoms with van der Waals surface area (Å²) in [6, 6.07) is 3.25. The van der Waals surface area contributed by atoms with Crippen LogP contribution < -0.4 is 5.32 Å². The minimum atomic E-state index is -0.999. The molecule has 0 aliphatic rings. The highest BCUT2D eigenvalue weighted by Gasteiger charge is 2.22. The summed E-state index contributed by atoms with van der Waals surface area (Å²) in [5.41, 5.74) is 0.465. The fourth-order valence-electron chi connectivity index (χ4n) is 1.89. The monoisotopic (exact) mass is 358 g/mol. The summed E-state index contributed by atoms with van der Waals surface area (Å²) in [4.78, 5) is 28.6. The van der Waals surface area contributed by atoms with E-state index >= 15 is 0 Å². The molecule has 0 fully saturated rings. The average molecular weight is 359 g/mol. The molecule has 0 aliphatic carbocycles. The van der Waals surface area contributed by atoms with Gasteiger partial charge in [0.25, 0.3) is 0 Å². The smallest absolute Gasteiger partial charge is 0.347 e. The molecule has 0 bridgehead atoms. The number of carboxylic acid groups (broad SMARTS) is 1. The summed E-state index contributed by atoms with van der Waals surface area (Å²) in [5.74, 6) is -1.46. The first-order chi connectivity index (χ1) is 10.3. The maximum atomic E-state index is 12.3. The van der Waals surface area contributed by atoms with E-state index in [1.807, 2.05) is 6.07 Å². The van der Waals surface area contributed by atoms with E-state index in [0.717, 1.165) is 16.2 Å². The van der Waals surface area contributed by atoms with Crippen LogP contribution in [0.1, 0.15) is 51.1 Å². The van der Waals surface area contributed by atoms with E-state index in [4.69, 9.17) is 16.7 Å². The normalized spacial score (nSPS) is 13.6. The van der Waals surface area contributed by atoms with Gasteiger partial charge in [0.1, 0.15) is 9.88 Å². The van der Waals surface area contributed by atoms with Crippen molar-refractivity contribution in [2.24, 2.45) is 0 Å². The molecule has 2 unspecified atom stereocenters. The van der Waals surface area contributed by atoms with Crippen LogP contribution in [-0.4, -0.2) is 22.0 Å². The van der Waals surface area contributed by atoms with Crippen molar-refractivity contribution < 1.29 is 14.7 Å². The van der Waals surface area contributed by atoms with E-state index < -0.39 is 5.97 Å². The zero-order valence-corrected chi connectivity index (χ0v) is 14.6. The van der Waals surface area contributed by atoms with Crippen molar-refractivity contribution in [2.45, 2.75) is 32.7 Å². The van der Waals surface area contributed by atoms with Crippen LogP contribution in [0.25, 0.3) is 0 Å². The molecule has 0 aliphatic heterocycles. The average Bonchev–Trinajstić information content (AvgIpc) is 3.04. The number of carbonyl (C=O) groups excluding carboxylic acids is 1. The van der Waals surface area contributed by atoms with Gasteiger partial charge in [-0.25, -0.2) is 9.78 Å². The molecule has 0 saturated carbocycles. The molecule has 2 atom stereocenters. The Balaban J connectivity index is 2.08. The Morgan fingerprint density at radius 1 is 1.32 bits per heavy atom. The Kier molecular flexibility index (Phi) is 5.20. The predicted octanol–water partition coefficient (Wildman–Crippen LogP) is 3.85. The van der Waals surface area contributed by atoms with Crippen LogP contribution in [0.4, 0.5) is 0 Å². The zero-order valence-electron chi connectivity index (χ0n) is 12.2. The van der Waals surface area contributed by atoms with Gasteiger partial charge in [-0.2, -0.15) is 0 Å². The van der Waals surface area contributed by atoms with E-state index in [0.29, 0.717) is 15.0 Å². The molecule has 1 amide bonds. The number of aromatic nitrogens is 1. The van der Waals surface area contributed by atoms with Crippen molar-refractivity contribution in [1.82, 2.24) is 10.3 Å². The molecule has 2 aromatic heterocycles. The van der Waals surface area contributed by atoms with Gasteiger partial charge in [-0.05, 0) is 32.9 Å². The number of nitrogens with zero attached hydrogens (tertiary/aromatic N) is 1. The first-order valence-corrected chi connectivity index (χ1v) is 8.57. The molecule has 0 saturated heterocycles. The third-order valence-corrected chi connectivity index (χ3v) is 5.89. The van der Waals surface area contributed by atoms with Crippen LogP contribution in [0.2, 0.25) is 4.34 Å². The van der Waals surface area contributed by atoms with Gasteiger partial charge >= 0.3 is 5.97 Å². The van der Waals surface area contributed by atoms with Crippen LogP contribution in [0.5, 0.6) is 0 Å². The largest absolute Gasteiger partial charge is 0.477 e. The number of rotatable bonds is 5. The van der Waals surface area contributed by atoms with Gasteiger partial charge in [0.2, 0.25) is 5.91 Å². The third kappa shape index (κ3) is 3.66. The molecule has 2 heterocycles. The van der Waals surface area contributed by atoms with Gasteiger partial charge < -0.3 is 10.4 Å². The lowest BCUT2D eigenvalue weighted by Crippen LogP contribution is -2.30. The lowest BCUT2D eigenvalue weighted by molar-refractivity contribution is -0.122. The van der Waals surface area contributed by atoms with Crippen LogP contribution in [0, 0.1) is 6.92 Å². The Bertz CT molecular complexity index is 711. The second-order valence-electron chi connectivity index (χ2n) is 4.87. The second kappa shape index (κ2) is 6.76. The van der Waals surface area contributed by atoms with Crippen molar-refractivity contribution in [1.29, 1.82) is 0 Å². The number of thiophene rings is 1. The van der Waals surface area contributed by atoms with Crippen molar-refractivity contribution in [3.05, 3.63) is 36.9 Å². The Morgan fingerprint density at radius 2 is 2.00 bits per heavy atom. The summed E-state index contributed by atoms with van der Waals surface area (Å²) in [6.07, 6.45) is 0. The molecule has 118 valence electrons. The maximum Gasteiger partial charge on any atom is 0.347 e. The fourth-order valence-corrected chi connectivity index (χ4v) is 3.91. The molecule has 0 aromatic carbocycles. The van der Waals surface area contributed by atoms with Crippen molar-refractivity contribution >= 4 is 46.2 Å². The number of halogens is 1. The molecule has 5 nitrogen and oxygen atoms in total. The van der Waals surface area contributed by atoms with Gasteiger partial charge in [-0.15, -0.1) is 22.7 Å². The quantitative estimate of drug-likeness (QED) is 0.850. The SMILES string of the molecule is Cc1nc(C(C)NC(=O)C(C)c2ccc(Cl)s2)sc1C(=O)O. The first kappa shape index (κ1) is 16.9. The van der Waals surface area contributed by atoms with E-state index in [2.05, 4.69) is 10.3 Å². The Morgan fingerprint density at radius 3 is 2.50 bits per heavy atom. The molecular formula is C14H15ClN2O3S2. The molecule has 22 heavy (non-hydrogen) atoms. The minimum Gasteiger partial charge on any atom is -0.477 e. The molecule has 2 aromatic rings. The van der Waals surface area contributed by atoms with Crippen molar-refractivity contribution in [2.75, 3.05) is 0 Å². The molecule has 0 spiro atoms. The lowest BCUT2D eigenvalue weighted by Gasteiger charge is -2.15.